The van der Waals surface area contributed by atoms with Gasteiger partial charge in [-0.05, 0) is 29.9 Å². The maximum atomic E-state index is 11.9. The lowest BCUT2D eigenvalue weighted by Crippen LogP contribution is -2.25. The standard InChI is InChI=1S/C15H19NO2S/c1-15(2)9-11(15)10-16-14(18)13-7-6-12(19-13)5-3-4-8-17/h6-7,11,17H,4,8-10H2,1-2H3,(H,16,18). The van der Waals surface area contributed by atoms with E-state index >= 15 is 0 Å². The second-order valence-corrected chi connectivity index (χ2v) is 6.62. The maximum Gasteiger partial charge on any atom is 0.261 e. The number of rotatable bonds is 4. The number of nitrogens with one attached hydrogen (secondary N) is 1. The monoisotopic (exact) mass is 277 g/mol. The first-order chi connectivity index (χ1) is 9.03. The zero-order valence-electron chi connectivity index (χ0n) is 11.3. The lowest BCUT2D eigenvalue weighted by Gasteiger charge is -2.04. The summed E-state index contributed by atoms with van der Waals surface area (Å²) in [6.45, 7) is 5.28. The van der Waals surface area contributed by atoms with Crippen LogP contribution < -0.4 is 5.32 Å². The van der Waals surface area contributed by atoms with Gasteiger partial charge in [0, 0.05) is 13.0 Å². The van der Waals surface area contributed by atoms with E-state index in [9.17, 15) is 4.79 Å². The van der Waals surface area contributed by atoms with Gasteiger partial charge in [0.2, 0.25) is 0 Å². The predicted molar refractivity (Wildman–Crippen MR) is 77.1 cm³/mol. The molecule has 0 saturated heterocycles. The first kappa shape index (κ1) is 14.1. The van der Waals surface area contributed by atoms with Gasteiger partial charge in [0.15, 0.2) is 0 Å². The first-order valence-corrected chi connectivity index (χ1v) is 7.32. The topological polar surface area (TPSA) is 49.3 Å². The molecule has 1 aliphatic carbocycles. The van der Waals surface area contributed by atoms with Crippen molar-refractivity contribution < 1.29 is 9.90 Å². The first-order valence-electron chi connectivity index (χ1n) is 6.51. The van der Waals surface area contributed by atoms with Gasteiger partial charge in [-0.25, -0.2) is 0 Å². The molecule has 1 atom stereocenters. The third-order valence-corrected chi connectivity index (χ3v) is 4.50. The summed E-state index contributed by atoms with van der Waals surface area (Å²) in [5.41, 5.74) is 0.393. The molecule has 2 N–H and O–H groups in total. The second-order valence-electron chi connectivity index (χ2n) is 5.54. The largest absolute Gasteiger partial charge is 0.395 e. The molecular formula is C15H19NO2S. The number of carbonyl (C=O) groups is 1. The van der Waals surface area contributed by atoms with Crippen LogP contribution in [-0.2, 0) is 0 Å². The summed E-state index contributed by atoms with van der Waals surface area (Å²) < 4.78 is 0. The lowest BCUT2D eigenvalue weighted by molar-refractivity contribution is 0.0954. The fraction of sp³-hybridized carbons (Fsp3) is 0.533. The van der Waals surface area contributed by atoms with Crippen molar-refractivity contribution in [1.29, 1.82) is 0 Å². The minimum Gasteiger partial charge on any atom is -0.395 e. The Morgan fingerprint density at radius 1 is 1.58 bits per heavy atom. The van der Waals surface area contributed by atoms with Crippen LogP contribution in [0.15, 0.2) is 12.1 Å². The van der Waals surface area contributed by atoms with Gasteiger partial charge in [-0.1, -0.05) is 25.7 Å². The van der Waals surface area contributed by atoms with Crippen LogP contribution >= 0.6 is 11.3 Å². The van der Waals surface area contributed by atoms with Crippen LogP contribution in [0.25, 0.3) is 0 Å². The number of thiophene rings is 1. The highest BCUT2D eigenvalue weighted by Crippen LogP contribution is 2.50. The highest BCUT2D eigenvalue weighted by atomic mass is 32.1. The lowest BCUT2D eigenvalue weighted by atomic mass is 10.1. The molecule has 102 valence electrons. The highest BCUT2D eigenvalue weighted by Gasteiger charge is 2.45. The summed E-state index contributed by atoms with van der Waals surface area (Å²) in [5, 5.41) is 11.6. The van der Waals surface area contributed by atoms with E-state index in [1.165, 1.54) is 17.8 Å². The molecule has 19 heavy (non-hydrogen) atoms. The second kappa shape index (κ2) is 5.77. The highest BCUT2D eigenvalue weighted by molar-refractivity contribution is 7.14. The number of hydrogen-bond acceptors (Lipinski definition) is 3. The van der Waals surface area contributed by atoms with Gasteiger partial charge in [0.05, 0.1) is 16.4 Å². The van der Waals surface area contributed by atoms with Crippen LogP contribution in [0.2, 0.25) is 0 Å². The summed E-state index contributed by atoms with van der Waals surface area (Å²) in [6.07, 6.45) is 1.66. The van der Waals surface area contributed by atoms with Crippen molar-refractivity contribution in [2.24, 2.45) is 11.3 Å². The minimum absolute atomic E-state index is 0.0112. The van der Waals surface area contributed by atoms with Gasteiger partial charge in [-0.3, -0.25) is 4.79 Å². The fourth-order valence-electron chi connectivity index (χ4n) is 1.96. The molecule has 1 unspecified atom stereocenters. The van der Waals surface area contributed by atoms with E-state index in [1.807, 2.05) is 6.07 Å². The van der Waals surface area contributed by atoms with Gasteiger partial charge < -0.3 is 10.4 Å². The van der Waals surface area contributed by atoms with Gasteiger partial charge in [0.25, 0.3) is 5.91 Å². The molecule has 0 bridgehead atoms. The fourth-order valence-corrected chi connectivity index (χ4v) is 2.76. The van der Waals surface area contributed by atoms with Crippen LogP contribution in [0.5, 0.6) is 0 Å². The average Bonchev–Trinajstić information content (AvgIpc) is 2.78. The molecule has 0 spiro atoms. The molecule has 0 aromatic carbocycles. The minimum atomic E-state index is -0.0112. The normalized spacial score (nSPS) is 19.4. The van der Waals surface area contributed by atoms with Crippen LogP contribution in [0, 0.1) is 23.2 Å². The Bertz CT molecular complexity index is 522. The van der Waals surface area contributed by atoms with E-state index in [2.05, 4.69) is 31.0 Å². The summed E-state index contributed by atoms with van der Waals surface area (Å²) >= 11 is 1.40. The summed E-state index contributed by atoms with van der Waals surface area (Å²) in [5.74, 6) is 6.39. The van der Waals surface area contributed by atoms with Gasteiger partial charge >= 0.3 is 0 Å². The third-order valence-electron chi connectivity index (χ3n) is 3.50. The summed E-state index contributed by atoms with van der Waals surface area (Å²) in [6, 6.07) is 3.66. The van der Waals surface area contributed by atoms with E-state index in [0.29, 0.717) is 22.6 Å². The van der Waals surface area contributed by atoms with Crippen molar-refractivity contribution in [1.82, 2.24) is 5.32 Å². The number of aliphatic hydroxyl groups excluding tert-OH is 1. The molecule has 0 radical (unpaired) electrons. The van der Waals surface area contributed by atoms with Crippen molar-refractivity contribution in [3.05, 3.63) is 21.9 Å². The molecule has 1 amide bonds. The van der Waals surface area contributed by atoms with Crippen molar-refractivity contribution >= 4 is 17.2 Å². The smallest absolute Gasteiger partial charge is 0.261 e. The Hall–Kier alpha value is -1.31. The summed E-state index contributed by atoms with van der Waals surface area (Å²) in [7, 11) is 0. The van der Waals surface area contributed by atoms with Crippen LogP contribution in [0.3, 0.4) is 0 Å². The van der Waals surface area contributed by atoms with Gasteiger partial charge in [0.1, 0.15) is 0 Å². The Kier molecular flexibility index (Phi) is 4.28. The number of carbonyl (C=O) groups excluding carboxylic acids is 1. The maximum absolute atomic E-state index is 11.9. The van der Waals surface area contributed by atoms with Crippen molar-refractivity contribution in [3.8, 4) is 11.8 Å². The summed E-state index contributed by atoms with van der Waals surface area (Å²) in [4.78, 5) is 13.5. The number of aliphatic hydroxyl groups is 1. The van der Waals surface area contributed by atoms with Crippen LogP contribution in [0.4, 0.5) is 0 Å². The number of amides is 1. The molecule has 4 heteroatoms. The molecule has 3 nitrogen and oxygen atoms in total. The van der Waals surface area contributed by atoms with E-state index in [-0.39, 0.29) is 12.5 Å². The molecule has 2 rings (SSSR count). The SMILES string of the molecule is CC1(C)CC1CNC(=O)c1ccc(C#CCCO)s1. The van der Waals surface area contributed by atoms with Crippen LogP contribution in [0.1, 0.15) is 41.2 Å². The zero-order valence-corrected chi connectivity index (χ0v) is 12.1. The average molecular weight is 277 g/mol. The van der Waals surface area contributed by atoms with Crippen molar-refractivity contribution in [3.63, 3.8) is 0 Å². The van der Waals surface area contributed by atoms with E-state index in [0.717, 1.165) is 11.4 Å². The molecule has 1 heterocycles. The Labute approximate surface area is 118 Å². The zero-order chi connectivity index (χ0) is 13.9. The van der Waals surface area contributed by atoms with E-state index < -0.39 is 0 Å². The third kappa shape index (κ3) is 3.82. The van der Waals surface area contributed by atoms with E-state index in [1.54, 1.807) is 6.07 Å². The number of hydrogen-bond donors (Lipinski definition) is 2. The molecule has 0 aliphatic heterocycles. The molecule has 1 fully saturated rings. The predicted octanol–water partition coefficient (Wildman–Crippen LogP) is 2.26. The Morgan fingerprint density at radius 3 is 2.95 bits per heavy atom. The van der Waals surface area contributed by atoms with E-state index in [4.69, 9.17) is 5.11 Å². The molecular weight excluding hydrogens is 258 g/mol. The Balaban J connectivity index is 1.85. The van der Waals surface area contributed by atoms with Gasteiger partial charge in [-0.2, -0.15) is 0 Å². The Morgan fingerprint density at radius 2 is 2.32 bits per heavy atom. The van der Waals surface area contributed by atoms with Crippen molar-refractivity contribution in [2.75, 3.05) is 13.2 Å². The molecule has 1 aromatic heterocycles. The van der Waals surface area contributed by atoms with Gasteiger partial charge in [-0.15, -0.1) is 11.3 Å². The van der Waals surface area contributed by atoms with Crippen molar-refractivity contribution in [2.45, 2.75) is 26.7 Å². The molecule has 1 saturated carbocycles. The molecule has 1 aromatic rings. The van der Waals surface area contributed by atoms with Crippen LogP contribution in [-0.4, -0.2) is 24.2 Å². The quantitative estimate of drug-likeness (QED) is 0.829. The molecule has 1 aliphatic rings.